The van der Waals surface area contributed by atoms with Gasteiger partial charge >= 0.3 is 0 Å². The van der Waals surface area contributed by atoms with Crippen molar-refractivity contribution < 1.29 is 9.47 Å². The Labute approximate surface area is 205 Å². The van der Waals surface area contributed by atoms with Crippen LogP contribution in [0, 0.1) is 0 Å². The van der Waals surface area contributed by atoms with E-state index in [0.29, 0.717) is 11.5 Å². The Morgan fingerprint density at radius 1 is 0.514 bits per heavy atom. The summed E-state index contributed by atoms with van der Waals surface area (Å²) in [5.74, 6) is 6.18. The maximum Gasteiger partial charge on any atom is 0.136 e. The molecule has 35 heavy (non-hydrogen) atoms. The lowest BCUT2D eigenvalue weighted by molar-refractivity contribution is 0.468. The van der Waals surface area contributed by atoms with Gasteiger partial charge in [0.15, 0.2) is 0 Å². The summed E-state index contributed by atoms with van der Waals surface area (Å²) in [6.07, 6.45) is 0. The minimum atomic E-state index is 0.686. The van der Waals surface area contributed by atoms with Gasteiger partial charge in [-0.1, -0.05) is 84.9 Å². The molecule has 168 valence electrons. The Morgan fingerprint density at radius 3 is 1.69 bits per heavy atom. The van der Waals surface area contributed by atoms with E-state index in [1.807, 2.05) is 140 Å². The molecule has 5 rings (SSSR count). The first-order valence-electron chi connectivity index (χ1n) is 11.4. The Hall–Kier alpha value is -4.85. The zero-order chi connectivity index (χ0) is 23.7. The molecule has 5 aromatic carbocycles. The Bertz CT molecular complexity index is 1440. The smallest absolute Gasteiger partial charge is 0.136 e. The molecule has 0 aliphatic heterocycles. The van der Waals surface area contributed by atoms with Crippen LogP contribution in [0.4, 0.5) is 5.69 Å². The van der Waals surface area contributed by atoms with Gasteiger partial charge in [-0.3, -0.25) is 0 Å². The molecule has 0 unspecified atom stereocenters. The molecular weight excluding hydrogens is 430 g/mol. The maximum absolute atomic E-state index is 6.31. The van der Waals surface area contributed by atoms with Crippen molar-refractivity contribution >= 4 is 17.1 Å². The highest BCUT2D eigenvalue weighted by molar-refractivity contribution is 6.01. The predicted molar refractivity (Wildman–Crippen MR) is 142 cm³/mol. The van der Waals surface area contributed by atoms with Crippen molar-refractivity contribution in [3.8, 4) is 23.0 Å². The van der Waals surface area contributed by atoms with Gasteiger partial charge < -0.3 is 9.47 Å². The summed E-state index contributed by atoms with van der Waals surface area (Å²) in [6.45, 7) is 0. The van der Waals surface area contributed by atoms with Gasteiger partial charge in [-0.25, -0.2) is 4.99 Å². The third kappa shape index (κ3) is 5.75. The van der Waals surface area contributed by atoms with Crippen LogP contribution < -0.4 is 9.47 Å². The first kappa shape index (κ1) is 22.0. The van der Waals surface area contributed by atoms with Crippen molar-refractivity contribution in [1.29, 1.82) is 0 Å². The molecule has 3 heteroatoms. The number of hydrogen-bond acceptors (Lipinski definition) is 3. The van der Waals surface area contributed by atoms with Crippen LogP contribution in [0.2, 0.25) is 0 Å². The molecule has 0 N–H and O–H groups in total. The highest BCUT2D eigenvalue weighted by Gasteiger charge is 2.15. The van der Waals surface area contributed by atoms with Crippen LogP contribution in [-0.2, 0) is 0 Å². The summed E-state index contributed by atoms with van der Waals surface area (Å²) in [4.78, 5) is 4.64. The van der Waals surface area contributed by atoms with Crippen LogP contribution >= 0.6 is 0 Å². The quantitative estimate of drug-likeness (QED) is 0.231. The van der Waals surface area contributed by atoms with Crippen LogP contribution in [0.15, 0.2) is 145 Å². The molecule has 0 fully saturated rings. The monoisotopic (exact) mass is 453 g/mol. The standard InChI is InChI=1S/C32H23NO2/c1-5-13-25(14-6-1)31(24-33-26-15-7-2-8-16-26)30-23-29(34-27-17-9-3-10-18-27)21-22-32(30)35-28-19-11-4-12-20-28/h1-23H. The number of nitrogens with zero attached hydrogens (tertiary/aromatic N) is 1. The van der Waals surface area contributed by atoms with Gasteiger partial charge in [-0.05, 0) is 66.0 Å². The van der Waals surface area contributed by atoms with Crippen molar-refractivity contribution in [1.82, 2.24) is 0 Å². The molecule has 0 aliphatic carbocycles. The first-order chi connectivity index (χ1) is 17.3. The molecule has 0 amide bonds. The van der Waals surface area contributed by atoms with Crippen LogP contribution in [0.5, 0.6) is 23.0 Å². The summed E-state index contributed by atoms with van der Waals surface area (Å²) in [7, 11) is 0. The molecule has 0 aromatic heterocycles. The summed E-state index contributed by atoms with van der Waals surface area (Å²) in [5, 5.41) is 0. The molecule has 0 saturated carbocycles. The molecule has 5 aromatic rings. The predicted octanol–water partition coefficient (Wildman–Crippen LogP) is 8.70. The highest BCUT2D eigenvalue weighted by atomic mass is 16.5. The molecule has 0 bridgehead atoms. The summed E-state index contributed by atoms with van der Waals surface area (Å²) < 4.78 is 12.5. The van der Waals surface area contributed by atoms with Crippen LogP contribution in [0.3, 0.4) is 0 Å². The third-order valence-electron chi connectivity index (χ3n) is 5.29. The number of benzene rings is 5. The van der Waals surface area contributed by atoms with Crippen molar-refractivity contribution in [2.75, 3.05) is 0 Å². The summed E-state index contributed by atoms with van der Waals surface area (Å²) >= 11 is 0. The van der Waals surface area contributed by atoms with Gasteiger partial charge in [0, 0.05) is 5.56 Å². The van der Waals surface area contributed by atoms with Crippen molar-refractivity contribution in [2.45, 2.75) is 0 Å². The molecule has 0 spiro atoms. The van der Waals surface area contributed by atoms with Gasteiger partial charge in [0.2, 0.25) is 0 Å². The fourth-order valence-electron chi connectivity index (χ4n) is 3.61. The fourth-order valence-corrected chi connectivity index (χ4v) is 3.61. The zero-order valence-corrected chi connectivity index (χ0v) is 19.0. The Balaban J connectivity index is 1.65. The van der Waals surface area contributed by atoms with Crippen molar-refractivity contribution in [3.05, 3.63) is 151 Å². The first-order valence-corrected chi connectivity index (χ1v) is 11.4. The molecule has 0 atom stereocenters. The lowest BCUT2D eigenvalue weighted by Gasteiger charge is -2.15. The van der Waals surface area contributed by atoms with Gasteiger partial charge in [-0.2, -0.15) is 0 Å². The Kier molecular flexibility index (Phi) is 6.81. The lowest BCUT2D eigenvalue weighted by Crippen LogP contribution is -1.96. The van der Waals surface area contributed by atoms with E-state index in [1.54, 1.807) is 0 Å². The fraction of sp³-hybridized carbons (Fsp3) is 0. The molecule has 0 saturated heterocycles. The topological polar surface area (TPSA) is 30.8 Å². The van der Waals surface area contributed by atoms with Gasteiger partial charge in [0.05, 0.1) is 11.3 Å². The number of ether oxygens (including phenoxy) is 2. The molecule has 0 aliphatic rings. The van der Waals surface area contributed by atoms with Crippen LogP contribution in [0.1, 0.15) is 11.1 Å². The average Bonchev–Trinajstić information content (AvgIpc) is 2.92. The van der Waals surface area contributed by atoms with Gasteiger partial charge in [0.1, 0.15) is 23.0 Å². The van der Waals surface area contributed by atoms with E-state index < -0.39 is 0 Å². The number of rotatable bonds is 7. The van der Waals surface area contributed by atoms with Crippen LogP contribution in [0.25, 0.3) is 5.57 Å². The van der Waals surface area contributed by atoms with Gasteiger partial charge in [0.25, 0.3) is 0 Å². The van der Waals surface area contributed by atoms with Crippen molar-refractivity contribution in [3.63, 3.8) is 0 Å². The Morgan fingerprint density at radius 2 is 1.06 bits per heavy atom. The minimum absolute atomic E-state index is 0.686. The highest BCUT2D eigenvalue weighted by Crippen LogP contribution is 2.36. The molecule has 0 radical (unpaired) electrons. The lowest BCUT2D eigenvalue weighted by atomic mass is 9.98. The van der Waals surface area contributed by atoms with Crippen molar-refractivity contribution in [2.24, 2.45) is 4.99 Å². The summed E-state index contributed by atoms with van der Waals surface area (Å²) in [6, 6.07) is 45.1. The van der Waals surface area contributed by atoms with E-state index in [4.69, 9.17) is 9.47 Å². The number of aliphatic imine (C=N–C) groups is 1. The van der Waals surface area contributed by atoms with E-state index in [-0.39, 0.29) is 0 Å². The largest absolute Gasteiger partial charge is 0.457 e. The second-order valence-electron chi connectivity index (χ2n) is 7.79. The molecule has 3 nitrogen and oxygen atoms in total. The maximum atomic E-state index is 6.31. The van der Waals surface area contributed by atoms with E-state index in [9.17, 15) is 0 Å². The van der Waals surface area contributed by atoms with E-state index in [1.165, 1.54) is 0 Å². The second kappa shape index (κ2) is 10.8. The van der Waals surface area contributed by atoms with Crippen LogP contribution in [-0.4, -0.2) is 5.87 Å². The molecule has 0 heterocycles. The minimum Gasteiger partial charge on any atom is -0.457 e. The van der Waals surface area contributed by atoms with Gasteiger partial charge in [-0.15, -0.1) is 0 Å². The average molecular weight is 454 g/mol. The zero-order valence-electron chi connectivity index (χ0n) is 19.0. The number of hydrogen-bond donors (Lipinski definition) is 0. The second-order valence-corrected chi connectivity index (χ2v) is 7.79. The van der Waals surface area contributed by atoms with E-state index in [2.05, 4.69) is 10.9 Å². The third-order valence-corrected chi connectivity index (χ3v) is 5.29. The molecular formula is C32H23NO2. The summed E-state index contributed by atoms with van der Waals surface area (Å²) in [5.41, 5.74) is 3.43. The van der Waals surface area contributed by atoms with E-state index >= 15 is 0 Å². The van der Waals surface area contributed by atoms with E-state index in [0.717, 1.165) is 33.9 Å². The normalized spacial score (nSPS) is 10.2. The SMILES string of the molecule is C(=Nc1ccccc1)=C(c1ccccc1)c1cc(Oc2ccccc2)ccc1Oc1ccccc1. The number of para-hydroxylation sites is 3.